The molecule has 0 bridgehead atoms. The van der Waals surface area contributed by atoms with Crippen LogP contribution in [0.5, 0.6) is 0 Å². The first-order valence-corrected chi connectivity index (χ1v) is 4.02. The van der Waals surface area contributed by atoms with E-state index in [2.05, 4.69) is 17.1 Å². The lowest BCUT2D eigenvalue weighted by atomic mass is 10.3. The third kappa shape index (κ3) is 5.85. The highest BCUT2D eigenvalue weighted by atomic mass is 16.1. The molecule has 0 aliphatic carbocycles. The van der Waals surface area contributed by atoms with Crippen LogP contribution in [0.3, 0.4) is 0 Å². The van der Waals surface area contributed by atoms with Crippen LogP contribution >= 0.6 is 0 Å². The van der Waals surface area contributed by atoms with Gasteiger partial charge in [0.25, 0.3) is 0 Å². The second-order valence-corrected chi connectivity index (χ2v) is 2.96. The molecule has 1 atom stereocenters. The van der Waals surface area contributed by atoms with Crippen molar-refractivity contribution in [2.75, 3.05) is 20.1 Å². The van der Waals surface area contributed by atoms with Gasteiger partial charge in [-0.05, 0) is 20.5 Å². The van der Waals surface area contributed by atoms with Crippen LogP contribution in [0.4, 0.5) is 0 Å². The van der Waals surface area contributed by atoms with Gasteiger partial charge in [-0.15, -0.1) is 0 Å². The van der Waals surface area contributed by atoms with E-state index in [1.165, 1.54) is 0 Å². The number of carbonyl (C=O) groups is 1. The first kappa shape index (κ1) is 10.4. The number of nitrogens with zero attached hydrogens (tertiary/aromatic N) is 1. The molecule has 0 saturated heterocycles. The summed E-state index contributed by atoms with van der Waals surface area (Å²) in [5.74, 6) is 0.0435. The Balaban J connectivity index is 3.51. The largest absolute Gasteiger partial charge is 0.353 e. The fraction of sp³-hybridized carbons (Fsp3) is 0.875. The van der Waals surface area contributed by atoms with Crippen LogP contribution in [-0.2, 0) is 4.79 Å². The maximum Gasteiger partial charge on any atom is 0.217 e. The molecule has 0 radical (unpaired) electrons. The molecule has 0 rings (SSSR count). The summed E-state index contributed by atoms with van der Waals surface area (Å²) < 4.78 is 0. The van der Waals surface area contributed by atoms with Gasteiger partial charge in [0, 0.05) is 19.5 Å². The average Bonchev–Trinajstić information content (AvgIpc) is 1.85. The number of amides is 1. The molecule has 3 nitrogen and oxygen atoms in total. The van der Waals surface area contributed by atoms with Crippen LogP contribution in [0, 0.1) is 0 Å². The summed E-state index contributed by atoms with van der Waals surface area (Å²) in [5.41, 5.74) is 0. The van der Waals surface area contributed by atoms with Crippen LogP contribution in [-0.4, -0.2) is 37.0 Å². The zero-order valence-corrected chi connectivity index (χ0v) is 7.85. The summed E-state index contributed by atoms with van der Waals surface area (Å²) in [5, 5.41) is 2.83. The van der Waals surface area contributed by atoms with E-state index in [4.69, 9.17) is 0 Å². The first-order valence-electron chi connectivity index (χ1n) is 4.02. The zero-order chi connectivity index (χ0) is 8.85. The van der Waals surface area contributed by atoms with Gasteiger partial charge >= 0.3 is 0 Å². The van der Waals surface area contributed by atoms with Gasteiger partial charge in [0.1, 0.15) is 0 Å². The highest BCUT2D eigenvalue weighted by Gasteiger charge is 2.04. The number of nitrogens with one attached hydrogen (secondary N) is 1. The molecule has 1 amide bonds. The van der Waals surface area contributed by atoms with E-state index in [0.717, 1.165) is 13.1 Å². The van der Waals surface area contributed by atoms with Gasteiger partial charge in [-0.25, -0.2) is 0 Å². The van der Waals surface area contributed by atoms with Crippen molar-refractivity contribution in [3.63, 3.8) is 0 Å². The number of hydrogen-bond donors (Lipinski definition) is 1. The van der Waals surface area contributed by atoms with Crippen LogP contribution in [0.2, 0.25) is 0 Å². The Bertz CT molecular complexity index is 125. The SMILES string of the molecule is CCN(C)CC(C)NC(C)=O. The van der Waals surface area contributed by atoms with Crippen molar-refractivity contribution in [2.45, 2.75) is 26.8 Å². The minimum atomic E-state index is 0.0435. The van der Waals surface area contributed by atoms with E-state index in [0.29, 0.717) is 0 Å². The maximum atomic E-state index is 10.6. The minimum Gasteiger partial charge on any atom is -0.353 e. The molecule has 0 fully saturated rings. The number of rotatable bonds is 4. The molecular weight excluding hydrogens is 140 g/mol. The molecule has 0 spiro atoms. The first-order chi connectivity index (χ1) is 5.06. The lowest BCUT2D eigenvalue weighted by molar-refractivity contribution is -0.119. The predicted molar refractivity (Wildman–Crippen MR) is 46.4 cm³/mol. The fourth-order valence-corrected chi connectivity index (χ4v) is 0.989. The molecule has 3 heteroatoms. The Labute approximate surface area is 68.8 Å². The molecule has 66 valence electrons. The highest BCUT2D eigenvalue weighted by Crippen LogP contribution is 1.87. The lowest BCUT2D eigenvalue weighted by Crippen LogP contribution is -2.39. The molecular formula is C8H18N2O. The van der Waals surface area contributed by atoms with E-state index < -0.39 is 0 Å². The molecule has 1 N–H and O–H groups in total. The second kappa shape index (κ2) is 5.13. The zero-order valence-electron chi connectivity index (χ0n) is 7.85. The third-order valence-corrected chi connectivity index (χ3v) is 1.58. The van der Waals surface area contributed by atoms with Crippen molar-refractivity contribution in [2.24, 2.45) is 0 Å². The van der Waals surface area contributed by atoms with E-state index in [-0.39, 0.29) is 11.9 Å². The maximum absolute atomic E-state index is 10.6. The summed E-state index contributed by atoms with van der Waals surface area (Å²) >= 11 is 0. The third-order valence-electron chi connectivity index (χ3n) is 1.58. The van der Waals surface area contributed by atoms with Crippen molar-refractivity contribution in [3.8, 4) is 0 Å². The molecule has 11 heavy (non-hydrogen) atoms. The highest BCUT2D eigenvalue weighted by molar-refractivity contribution is 5.73. The minimum absolute atomic E-state index is 0.0435. The van der Waals surface area contributed by atoms with Crippen molar-refractivity contribution >= 4 is 5.91 Å². The number of carbonyl (C=O) groups excluding carboxylic acids is 1. The monoisotopic (exact) mass is 158 g/mol. The molecule has 1 unspecified atom stereocenters. The summed E-state index contributed by atoms with van der Waals surface area (Å²) in [6.45, 7) is 7.58. The molecule has 0 aliphatic rings. The summed E-state index contributed by atoms with van der Waals surface area (Å²) in [4.78, 5) is 12.8. The van der Waals surface area contributed by atoms with Gasteiger partial charge in [0.05, 0.1) is 0 Å². The molecule has 0 aromatic rings. The van der Waals surface area contributed by atoms with E-state index >= 15 is 0 Å². The average molecular weight is 158 g/mol. The molecule has 0 saturated carbocycles. The Morgan fingerprint density at radius 2 is 2.18 bits per heavy atom. The van der Waals surface area contributed by atoms with Crippen molar-refractivity contribution < 1.29 is 4.79 Å². The second-order valence-electron chi connectivity index (χ2n) is 2.96. The number of hydrogen-bond acceptors (Lipinski definition) is 2. The van der Waals surface area contributed by atoms with Crippen LogP contribution < -0.4 is 5.32 Å². The van der Waals surface area contributed by atoms with Gasteiger partial charge in [0.15, 0.2) is 0 Å². The van der Waals surface area contributed by atoms with Gasteiger partial charge in [-0.3, -0.25) is 4.79 Å². The predicted octanol–water partition coefficient (Wildman–Crippen LogP) is 0.463. The lowest BCUT2D eigenvalue weighted by Gasteiger charge is -2.19. The number of likely N-dealkylation sites (N-methyl/N-ethyl adjacent to an activating group) is 1. The van der Waals surface area contributed by atoms with Crippen molar-refractivity contribution in [1.29, 1.82) is 0 Å². The van der Waals surface area contributed by atoms with Crippen molar-refractivity contribution in [1.82, 2.24) is 10.2 Å². The van der Waals surface area contributed by atoms with Crippen molar-refractivity contribution in [3.05, 3.63) is 0 Å². The molecule has 0 aromatic heterocycles. The quantitative estimate of drug-likeness (QED) is 0.644. The molecule has 0 aliphatic heterocycles. The van der Waals surface area contributed by atoms with Gasteiger partial charge in [-0.1, -0.05) is 6.92 Å². The topological polar surface area (TPSA) is 32.3 Å². The molecule has 0 heterocycles. The molecule has 0 aromatic carbocycles. The normalized spacial score (nSPS) is 13.2. The Hall–Kier alpha value is -0.570. The Kier molecular flexibility index (Phi) is 4.86. The van der Waals surface area contributed by atoms with Crippen LogP contribution in [0.1, 0.15) is 20.8 Å². The standard InChI is InChI=1S/C8H18N2O/c1-5-10(4)6-7(2)9-8(3)11/h7H,5-6H2,1-4H3,(H,9,11). The Morgan fingerprint density at radius 1 is 1.64 bits per heavy atom. The summed E-state index contributed by atoms with van der Waals surface area (Å²) in [7, 11) is 2.04. The van der Waals surface area contributed by atoms with E-state index in [1.807, 2.05) is 14.0 Å². The summed E-state index contributed by atoms with van der Waals surface area (Å²) in [6.07, 6.45) is 0. The summed E-state index contributed by atoms with van der Waals surface area (Å²) in [6, 6.07) is 0.248. The van der Waals surface area contributed by atoms with Gasteiger partial charge < -0.3 is 10.2 Å². The van der Waals surface area contributed by atoms with Crippen LogP contribution in [0.25, 0.3) is 0 Å². The van der Waals surface area contributed by atoms with Crippen LogP contribution in [0.15, 0.2) is 0 Å². The van der Waals surface area contributed by atoms with E-state index in [1.54, 1.807) is 6.92 Å². The van der Waals surface area contributed by atoms with Gasteiger partial charge in [0.2, 0.25) is 5.91 Å². The fourth-order valence-electron chi connectivity index (χ4n) is 0.989. The Morgan fingerprint density at radius 3 is 2.55 bits per heavy atom. The smallest absolute Gasteiger partial charge is 0.217 e. The van der Waals surface area contributed by atoms with Gasteiger partial charge in [-0.2, -0.15) is 0 Å². The van der Waals surface area contributed by atoms with E-state index in [9.17, 15) is 4.79 Å².